The van der Waals surface area contributed by atoms with E-state index in [9.17, 15) is 24.5 Å². The summed E-state index contributed by atoms with van der Waals surface area (Å²) >= 11 is 12.1. The van der Waals surface area contributed by atoms with Crippen molar-refractivity contribution < 1.29 is 19.3 Å². The lowest BCUT2D eigenvalue weighted by molar-refractivity contribution is -0.384. The van der Waals surface area contributed by atoms with Gasteiger partial charge in [0.05, 0.1) is 4.92 Å². The van der Waals surface area contributed by atoms with E-state index in [0.29, 0.717) is 6.42 Å². The molecule has 0 radical (unpaired) electrons. The SMILES string of the molecule is CC1(CN2C(=O)CN(C(=O)c3ccc([N+](=O)[O-])cc3)C2=O)CC1(Cl)Cl. The van der Waals surface area contributed by atoms with Crippen molar-refractivity contribution in [3.05, 3.63) is 39.9 Å². The average molecular weight is 386 g/mol. The Hall–Kier alpha value is -2.19. The fourth-order valence-electron chi connectivity index (χ4n) is 2.70. The number of amides is 4. The van der Waals surface area contributed by atoms with E-state index in [1.807, 2.05) is 0 Å². The molecule has 1 heterocycles. The summed E-state index contributed by atoms with van der Waals surface area (Å²) in [7, 11) is 0. The molecule has 132 valence electrons. The molecule has 1 saturated carbocycles. The highest BCUT2D eigenvalue weighted by Crippen LogP contribution is 2.64. The number of benzene rings is 1. The highest BCUT2D eigenvalue weighted by Gasteiger charge is 2.64. The van der Waals surface area contributed by atoms with Gasteiger partial charge in [-0.05, 0) is 18.6 Å². The Bertz CT molecular complexity index is 795. The van der Waals surface area contributed by atoms with Gasteiger partial charge in [-0.15, -0.1) is 23.2 Å². The van der Waals surface area contributed by atoms with Gasteiger partial charge in [0.2, 0.25) is 0 Å². The van der Waals surface area contributed by atoms with E-state index >= 15 is 0 Å². The van der Waals surface area contributed by atoms with Crippen molar-refractivity contribution in [3.63, 3.8) is 0 Å². The second-order valence-corrected chi connectivity index (χ2v) is 7.88. The number of carbonyl (C=O) groups excluding carboxylic acids is 3. The minimum absolute atomic E-state index is 0.0295. The molecule has 1 aliphatic heterocycles. The van der Waals surface area contributed by atoms with Crippen LogP contribution in [-0.2, 0) is 4.79 Å². The normalized spacial score (nSPS) is 24.6. The molecular formula is C15H13Cl2N3O5. The number of nitro benzene ring substituents is 1. The van der Waals surface area contributed by atoms with Crippen LogP contribution >= 0.6 is 23.2 Å². The van der Waals surface area contributed by atoms with Crippen LogP contribution in [0.5, 0.6) is 0 Å². The van der Waals surface area contributed by atoms with Gasteiger partial charge in [0.1, 0.15) is 10.9 Å². The summed E-state index contributed by atoms with van der Waals surface area (Å²) in [5.41, 5.74) is -0.701. The van der Waals surface area contributed by atoms with Crippen molar-refractivity contribution in [2.45, 2.75) is 17.7 Å². The molecule has 1 atom stereocenters. The van der Waals surface area contributed by atoms with E-state index < -0.39 is 32.5 Å². The molecule has 3 rings (SSSR count). The number of nitrogens with zero attached hydrogens (tertiary/aromatic N) is 3. The number of hydrogen-bond acceptors (Lipinski definition) is 5. The van der Waals surface area contributed by atoms with Crippen molar-refractivity contribution in [2.24, 2.45) is 5.41 Å². The molecule has 0 spiro atoms. The second-order valence-electron chi connectivity index (χ2n) is 6.40. The van der Waals surface area contributed by atoms with Crippen molar-refractivity contribution in [1.82, 2.24) is 9.80 Å². The molecule has 1 saturated heterocycles. The lowest BCUT2D eigenvalue weighted by Gasteiger charge is -2.20. The molecule has 10 heteroatoms. The van der Waals surface area contributed by atoms with Crippen LogP contribution in [0.25, 0.3) is 0 Å². The predicted octanol–water partition coefficient (Wildman–Crippen LogP) is 2.58. The zero-order chi connectivity index (χ0) is 18.6. The Morgan fingerprint density at radius 2 is 1.84 bits per heavy atom. The van der Waals surface area contributed by atoms with Crippen LogP contribution in [0.15, 0.2) is 24.3 Å². The summed E-state index contributed by atoms with van der Waals surface area (Å²) in [4.78, 5) is 48.8. The minimum atomic E-state index is -0.997. The molecule has 2 fully saturated rings. The molecule has 0 aromatic heterocycles. The molecule has 0 bridgehead atoms. The topological polar surface area (TPSA) is 101 Å². The lowest BCUT2D eigenvalue weighted by atomic mass is 10.1. The number of halogens is 2. The highest BCUT2D eigenvalue weighted by molar-refractivity contribution is 6.51. The Kier molecular flexibility index (Phi) is 4.00. The largest absolute Gasteiger partial charge is 0.334 e. The van der Waals surface area contributed by atoms with Crippen LogP contribution in [0.2, 0.25) is 0 Å². The molecule has 8 nitrogen and oxygen atoms in total. The number of nitro groups is 1. The van der Waals surface area contributed by atoms with Crippen molar-refractivity contribution in [2.75, 3.05) is 13.1 Å². The molecule has 2 aliphatic rings. The number of alkyl halides is 2. The van der Waals surface area contributed by atoms with Gasteiger partial charge in [-0.2, -0.15) is 0 Å². The van der Waals surface area contributed by atoms with Gasteiger partial charge in [-0.3, -0.25) is 29.5 Å². The number of imide groups is 2. The highest BCUT2D eigenvalue weighted by atomic mass is 35.5. The zero-order valence-electron chi connectivity index (χ0n) is 13.1. The first-order chi connectivity index (χ1) is 11.6. The lowest BCUT2D eigenvalue weighted by Crippen LogP contribution is -2.39. The summed E-state index contributed by atoms with van der Waals surface area (Å²) in [6.07, 6.45) is 0.441. The molecule has 25 heavy (non-hydrogen) atoms. The maximum absolute atomic E-state index is 12.4. The predicted molar refractivity (Wildman–Crippen MR) is 88.4 cm³/mol. The Labute approximate surface area is 152 Å². The molecule has 0 N–H and O–H groups in total. The van der Waals surface area contributed by atoms with Gasteiger partial charge < -0.3 is 0 Å². The Balaban J connectivity index is 1.75. The van der Waals surface area contributed by atoms with Crippen LogP contribution in [0.1, 0.15) is 23.7 Å². The number of hydrogen-bond donors (Lipinski definition) is 0. The van der Waals surface area contributed by atoms with Crippen LogP contribution < -0.4 is 0 Å². The molecule has 1 aromatic rings. The number of carbonyl (C=O) groups is 3. The smallest absolute Gasteiger partial charge is 0.272 e. The van der Waals surface area contributed by atoms with Crippen LogP contribution in [-0.4, -0.2) is 50.0 Å². The first-order valence-electron chi connectivity index (χ1n) is 7.34. The van der Waals surface area contributed by atoms with Crippen molar-refractivity contribution in [3.8, 4) is 0 Å². The third-order valence-electron chi connectivity index (χ3n) is 4.50. The minimum Gasteiger partial charge on any atom is -0.272 e. The fraction of sp³-hybridized carbons (Fsp3) is 0.400. The van der Waals surface area contributed by atoms with Crippen molar-refractivity contribution >= 4 is 46.7 Å². The van der Waals surface area contributed by atoms with E-state index in [1.165, 1.54) is 12.1 Å². The maximum Gasteiger partial charge on any atom is 0.334 e. The third-order valence-corrected chi connectivity index (χ3v) is 5.68. The van der Waals surface area contributed by atoms with E-state index in [2.05, 4.69) is 0 Å². The van der Waals surface area contributed by atoms with Gasteiger partial charge in [-0.1, -0.05) is 6.92 Å². The Morgan fingerprint density at radius 1 is 1.28 bits per heavy atom. The van der Waals surface area contributed by atoms with Gasteiger partial charge in [0, 0.05) is 29.7 Å². The first kappa shape index (κ1) is 17.6. The summed E-state index contributed by atoms with van der Waals surface area (Å²) in [6, 6.07) is 4.06. The van der Waals surface area contributed by atoms with E-state index in [1.54, 1.807) is 6.92 Å². The molecule has 1 aromatic carbocycles. The van der Waals surface area contributed by atoms with Gasteiger partial charge >= 0.3 is 6.03 Å². The van der Waals surface area contributed by atoms with Gasteiger partial charge in [-0.25, -0.2) is 4.79 Å². The second kappa shape index (κ2) is 5.67. The number of rotatable bonds is 4. The third kappa shape index (κ3) is 2.96. The van der Waals surface area contributed by atoms with Crippen LogP contribution in [0.4, 0.5) is 10.5 Å². The molecule has 1 aliphatic carbocycles. The van der Waals surface area contributed by atoms with Gasteiger partial charge in [0.25, 0.3) is 17.5 Å². The van der Waals surface area contributed by atoms with Crippen LogP contribution in [0.3, 0.4) is 0 Å². The van der Waals surface area contributed by atoms with E-state index in [0.717, 1.165) is 21.9 Å². The average Bonchev–Trinajstić information content (AvgIpc) is 2.93. The summed E-state index contributed by atoms with van der Waals surface area (Å²) < 4.78 is -0.997. The fourth-order valence-corrected chi connectivity index (χ4v) is 3.41. The molecule has 1 unspecified atom stereocenters. The number of non-ortho nitro benzene ring substituents is 1. The standard InChI is InChI=1S/C15H13Cl2N3O5/c1-14(7-15(14,16)17)8-19-11(21)6-18(13(19)23)12(22)9-2-4-10(5-3-9)20(24)25/h2-5H,6-8H2,1H3. The quantitative estimate of drug-likeness (QED) is 0.343. The van der Waals surface area contributed by atoms with E-state index in [-0.39, 0.29) is 24.3 Å². The van der Waals surface area contributed by atoms with Gasteiger partial charge in [0.15, 0.2) is 0 Å². The zero-order valence-corrected chi connectivity index (χ0v) is 14.6. The first-order valence-corrected chi connectivity index (χ1v) is 8.10. The van der Waals surface area contributed by atoms with Crippen LogP contribution in [0, 0.1) is 15.5 Å². The number of urea groups is 1. The summed E-state index contributed by atoms with van der Waals surface area (Å²) in [5.74, 6) is -1.21. The Morgan fingerprint density at radius 3 is 2.32 bits per heavy atom. The molecular weight excluding hydrogens is 373 g/mol. The van der Waals surface area contributed by atoms with E-state index in [4.69, 9.17) is 23.2 Å². The van der Waals surface area contributed by atoms with Crippen molar-refractivity contribution in [1.29, 1.82) is 0 Å². The summed E-state index contributed by atoms with van der Waals surface area (Å²) in [5, 5.41) is 10.7. The molecule has 4 amide bonds. The maximum atomic E-state index is 12.4. The summed E-state index contributed by atoms with van der Waals surface area (Å²) in [6.45, 7) is 1.40. The monoisotopic (exact) mass is 385 g/mol.